The van der Waals surface area contributed by atoms with Gasteiger partial charge in [-0.05, 0) is 47.0 Å². The van der Waals surface area contributed by atoms with Crippen LogP contribution in [0.1, 0.15) is 23.2 Å². The van der Waals surface area contributed by atoms with Crippen molar-refractivity contribution >= 4 is 27.8 Å². The SMILES string of the molecule is COc1ccc(C(=O)NCC2CCC(C(=O)O)O2)cc1Br. The number of amides is 1. The number of carboxylic acid groups (broad SMARTS) is 1. The third kappa shape index (κ3) is 3.95. The van der Waals surface area contributed by atoms with Gasteiger partial charge in [0.2, 0.25) is 0 Å². The first-order valence-electron chi connectivity index (χ1n) is 6.51. The smallest absolute Gasteiger partial charge is 0.332 e. The first-order chi connectivity index (χ1) is 10.0. The van der Waals surface area contributed by atoms with Crippen molar-refractivity contribution < 1.29 is 24.2 Å². The average molecular weight is 358 g/mol. The lowest BCUT2D eigenvalue weighted by molar-refractivity contribution is -0.149. The van der Waals surface area contributed by atoms with Gasteiger partial charge < -0.3 is 19.9 Å². The fourth-order valence-electron chi connectivity index (χ4n) is 2.15. The van der Waals surface area contributed by atoms with Crippen LogP contribution in [0.5, 0.6) is 5.75 Å². The fourth-order valence-corrected chi connectivity index (χ4v) is 2.69. The van der Waals surface area contributed by atoms with E-state index in [2.05, 4.69) is 21.2 Å². The topological polar surface area (TPSA) is 84.9 Å². The highest BCUT2D eigenvalue weighted by Gasteiger charge is 2.30. The Kier molecular flexibility index (Phi) is 5.19. The van der Waals surface area contributed by atoms with E-state index in [1.54, 1.807) is 25.3 Å². The second-order valence-corrected chi connectivity index (χ2v) is 5.58. The molecule has 1 amide bonds. The molecule has 0 spiro atoms. The summed E-state index contributed by atoms with van der Waals surface area (Å²) in [5.74, 6) is -0.543. The summed E-state index contributed by atoms with van der Waals surface area (Å²) in [6.45, 7) is 0.298. The Labute approximate surface area is 130 Å². The van der Waals surface area contributed by atoms with Gasteiger partial charge in [-0.1, -0.05) is 0 Å². The number of hydrogen-bond acceptors (Lipinski definition) is 4. The molecule has 2 rings (SSSR count). The van der Waals surface area contributed by atoms with Crippen LogP contribution in [0, 0.1) is 0 Å². The summed E-state index contributed by atoms with van der Waals surface area (Å²) >= 11 is 3.32. The summed E-state index contributed by atoms with van der Waals surface area (Å²) < 4.78 is 11.1. The normalized spacial score (nSPS) is 21.0. The van der Waals surface area contributed by atoms with Crippen molar-refractivity contribution in [3.05, 3.63) is 28.2 Å². The number of benzene rings is 1. The van der Waals surface area contributed by atoms with Gasteiger partial charge in [-0.3, -0.25) is 4.79 Å². The second kappa shape index (κ2) is 6.91. The van der Waals surface area contributed by atoms with E-state index >= 15 is 0 Å². The molecule has 1 aliphatic rings. The Morgan fingerprint density at radius 3 is 2.81 bits per heavy atom. The molecule has 0 radical (unpaired) electrons. The number of rotatable bonds is 5. The average Bonchev–Trinajstić information content (AvgIpc) is 2.93. The van der Waals surface area contributed by atoms with Crippen LogP contribution < -0.4 is 10.1 Å². The molecule has 0 aliphatic carbocycles. The molecule has 6 nitrogen and oxygen atoms in total. The van der Waals surface area contributed by atoms with Crippen molar-refractivity contribution in [2.45, 2.75) is 25.0 Å². The van der Waals surface area contributed by atoms with Gasteiger partial charge in [-0.2, -0.15) is 0 Å². The van der Waals surface area contributed by atoms with Crippen LogP contribution >= 0.6 is 15.9 Å². The van der Waals surface area contributed by atoms with Crippen molar-refractivity contribution in [2.75, 3.05) is 13.7 Å². The molecule has 2 N–H and O–H groups in total. The Balaban J connectivity index is 1.88. The Bertz CT molecular complexity index is 548. The van der Waals surface area contributed by atoms with Gasteiger partial charge in [0, 0.05) is 12.1 Å². The van der Waals surface area contributed by atoms with Crippen molar-refractivity contribution in [2.24, 2.45) is 0 Å². The lowest BCUT2D eigenvalue weighted by atomic mass is 10.2. The number of carbonyl (C=O) groups is 2. The van der Waals surface area contributed by atoms with E-state index in [1.165, 1.54) is 0 Å². The summed E-state index contributed by atoms with van der Waals surface area (Å²) in [7, 11) is 1.55. The number of nitrogens with one attached hydrogen (secondary N) is 1. The van der Waals surface area contributed by atoms with Gasteiger partial charge in [0.1, 0.15) is 5.75 Å². The number of ether oxygens (including phenoxy) is 2. The predicted molar refractivity (Wildman–Crippen MR) is 78.6 cm³/mol. The summed E-state index contributed by atoms with van der Waals surface area (Å²) in [5.41, 5.74) is 0.496. The van der Waals surface area contributed by atoms with Crippen LogP contribution in [0.2, 0.25) is 0 Å². The quantitative estimate of drug-likeness (QED) is 0.839. The minimum absolute atomic E-state index is 0.235. The van der Waals surface area contributed by atoms with Gasteiger partial charge in [0.25, 0.3) is 5.91 Å². The molecule has 1 aliphatic heterocycles. The van der Waals surface area contributed by atoms with Crippen molar-refractivity contribution in [1.82, 2.24) is 5.32 Å². The zero-order chi connectivity index (χ0) is 15.4. The van der Waals surface area contributed by atoms with Gasteiger partial charge in [-0.25, -0.2) is 4.79 Å². The van der Waals surface area contributed by atoms with Crippen molar-refractivity contribution in [3.8, 4) is 5.75 Å². The van der Waals surface area contributed by atoms with Crippen LogP contribution in [-0.2, 0) is 9.53 Å². The van der Waals surface area contributed by atoms with E-state index in [4.69, 9.17) is 14.6 Å². The molecule has 7 heteroatoms. The Morgan fingerprint density at radius 1 is 1.48 bits per heavy atom. The van der Waals surface area contributed by atoms with E-state index in [9.17, 15) is 9.59 Å². The number of hydrogen-bond donors (Lipinski definition) is 2. The number of carbonyl (C=O) groups excluding carboxylic acids is 1. The minimum atomic E-state index is -0.956. The number of carboxylic acids is 1. The third-order valence-electron chi connectivity index (χ3n) is 3.29. The van der Waals surface area contributed by atoms with E-state index < -0.39 is 12.1 Å². The third-order valence-corrected chi connectivity index (χ3v) is 3.91. The Hall–Kier alpha value is -1.60. The largest absolute Gasteiger partial charge is 0.496 e. The summed E-state index contributed by atoms with van der Waals surface area (Å²) in [6.07, 6.45) is 0.0896. The maximum Gasteiger partial charge on any atom is 0.332 e. The fraction of sp³-hybridized carbons (Fsp3) is 0.429. The lowest BCUT2D eigenvalue weighted by Gasteiger charge is -2.13. The molecule has 1 fully saturated rings. The van der Waals surface area contributed by atoms with Crippen LogP contribution in [0.25, 0.3) is 0 Å². The number of methoxy groups -OCH3 is 1. The van der Waals surface area contributed by atoms with Crippen molar-refractivity contribution in [1.29, 1.82) is 0 Å². The van der Waals surface area contributed by atoms with Crippen LogP contribution in [0.4, 0.5) is 0 Å². The highest BCUT2D eigenvalue weighted by Crippen LogP contribution is 2.25. The summed E-state index contributed by atoms with van der Waals surface area (Å²) in [4.78, 5) is 22.8. The predicted octanol–water partition coefficient (Wildman–Crippen LogP) is 1.82. The Morgan fingerprint density at radius 2 is 2.24 bits per heavy atom. The maximum atomic E-state index is 12.0. The molecule has 1 aromatic rings. The van der Waals surface area contributed by atoms with Crippen LogP contribution in [-0.4, -0.2) is 42.8 Å². The summed E-state index contributed by atoms with van der Waals surface area (Å²) in [5, 5.41) is 11.6. The van der Waals surface area contributed by atoms with Gasteiger partial charge in [-0.15, -0.1) is 0 Å². The minimum Gasteiger partial charge on any atom is -0.496 e. The highest BCUT2D eigenvalue weighted by atomic mass is 79.9. The molecule has 1 aromatic carbocycles. The standard InChI is InChI=1S/C14H16BrNO5/c1-20-11-4-2-8(6-10(11)15)13(17)16-7-9-3-5-12(21-9)14(18)19/h2,4,6,9,12H,3,5,7H2,1H3,(H,16,17)(H,18,19). The molecule has 21 heavy (non-hydrogen) atoms. The molecular weight excluding hydrogens is 342 g/mol. The molecular formula is C14H16BrNO5. The first kappa shape index (κ1) is 15.8. The van der Waals surface area contributed by atoms with Gasteiger partial charge >= 0.3 is 5.97 Å². The molecule has 1 heterocycles. The highest BCUT2D eigenvalue weighted by molar-refractivity contribution is 9.10. The zero-order valence-corrected chi connectivity index (χ0v) is 13.1. The molecule has 2 atom stereocenters. The van der Waals surface area contributed by atoms with E-state index in [0.717, 1.165) is 0 Å². The molecule has 0 aromatic heterocycles. The molecule has 0 saturated carbocycles. The lowest BCUT2D eigenvalue weighted by Crippen LogP contribution is -2.33. The van der Waals surface area contributed by atoms with Crippen LogP contribution in [0.15, 0.2) is 22.7 Å². The molecule has 1 saturated heterocycles. The number of halogens is 1. The number of aliphatic carboxylic acids is 1. The monoisotopic (exact) mass is 357 g/mol. The molecule has 2 unspecified atom stereocenters. The summed E-state index contributed by atoms with van der Waals surface area (Å²) in [6, 6.07) is 5.03. The van der Waals surface area contributed by atoms with Crippen LogP contribution in [0.3, 0.4) is 0 Å². The molecule has 114 valence electrons. The first-order valence-corrected chi connectivity index (χ1v) is 7.30. The van der Waals surface area contributed by atoms with E-state index in [1.807, 2.05) is 0 Å². The maximum absolute atomic E-state index is 12.0. The van der Waals surface area contributed by atoms with Gasteiger partial charge in [0.15, 0.2) is 6.10 Å². The zero-order valence-electron chi connectivity index (χ0n) is 11.5. The second-order valence-electron chi connectivity index (χ2n) is 4.72. The van der Waals surface area contributed by atoms with Gasteiger partial charge in [0.05, 0.1) is 17.7 Å². The van der Waals surface area contributed by atoms with Crippen molar-refractivity contribution in [3.63, 3.8) is 0 Å². The van der Waals surface area contributed by atoms with E-state index in [-0.39, 0.29) is 12.0 Å². The van der Waals surface area contributed by atoms with E-state index in [0.29, 0.717) is 35.2 Å². The molecule has 0 bridgehead atoms.